The maximum Gasteiger partial charge on any atom is 0.323 e. The Labute approximate surface area is 124 Å². The van der Waals surface area contributed by atoms with E-state index in [2.05, 4.69) is 25.4 Å². The van der Waals surface area contributed by atoms with Gasteiger partial charge in [0.15, 0.2) is 0 Å². The molecule has 2 aromatic heterocycles. The Hall–Kier alpha value is -2.18. The molecule has 0 amide bonds. The zero-order chi connectivity index (χ0) is 15.4. The molecule has 7 nitrogen and oxygen atoms in total. The molecule has 7 heteroatoms. The van der Waals surface area contributed by atoms with Crippen LogP contribution in [0.25, 0.3) is 5.95 Å². The van der Waals surface area contributed by atoms with E-state index in [1.807, 2.05) is 34.6 Å². The van der Waals surface area contributed by atoms with Gasteiger partial charge in [0.05, 0.1) is 12.3 Å². The second-order valence-electron chi connectivity index (χ2n) is 4.83. The third-order valence-corrected chi connectivity index (χ3v) is 3.22. The second-order valence-corrected chi connectivity index (χ2v) is 4.83. The molecule has 21 heavy (non-hydrogen) atoms. The maximum atomic E-state index is 5.54. The summed E-state index contributed by atoms with van der Waals surface area (Å²) in [6.07, 6.45) is 0.899. The lowest BCUT2D eigenvalue weighted by Crippen LogP contribution is -2.12. The summed E-state index contributed by atoms with van der Waals surface area (Å²) < 4.78 is 7.27. The van der Waals surface area contributed by atoms with Crippen molar-refractivity contribution in [3.63, 3.8) is 0 Å². The molecule has 0 aliphatic rings. The van der Waals surface area contributed by atoms with Crippen LogP contribution in [0.3, 0.4) is 0 Å². The number of aromatic nitrogens is 5. The van der Waals surface area contributed by atoms with E-state index in [0.717, 1.165) is 29.9 Å². The Balaban J connectivity index is 2.45. The molecule has 0 fully saturated rings. The van der Waals surface area contributed by atoms with Gasteiger partial charge in [0.1, 0.15) is 0 Å². The van der Waals surface area contributed by atoms with E-state index >= 15 is 0 Å². The zero-order valence-electron chi connectivity index (χ0n) is 13.3. The van der Waals surface area contributed by atoms with Gasteiger partial charge in [0.25, 0.3) is 5.95 Å². The summed E-state index contributed by atoms with van der Waals surface area (Å²) in [6, 6.07) is 0.322. The summed E-state index contributed by atoms with van der Waals surface area (Å²) in [6.45, 7) is 11.3. The molecule has 1 N–H and O–H groups in total. The summed E-state index contributed by atoms with van der Waals surface area (Å²) >= 11 is 0. The first-order chi connectivity index (χ1) is 10.1. The number of nitrogens with zero attached hydrogens (tertiary/aromatic N) is 5. The Kier molecular flexibility index (Phi) is 4.72. The topological polar surface area (TPSA) is 77.8 Å². The first kappa shape index (κ1) is 15.2. The highest BCUT2D eigenvalue weighted by Crippen LogP contribution is 2.17. The van der Waals surface area contributed by atoms with Crippen LogP contribution in [0.1, 0.15) is 37.2 Å². The fourth-order valence-electron chi connectivity index (χ4n) is 1.85. The number of ether oxygens (including phenoxy) is 1. The van der Waals surface area contributed by atoms with Gasteiger partial charge in [-0.3, -0.25) is 0 Å². The Morgan fingerprint density at radius 1 is 1.10 bits per heavy atom. The smallest absolute Gasteiger partial charge is 0.323 e. The van der Waals surface area contributed by atoms with Crippen molar-refractivity contribution in [1.82, 2.24) is 24.7 Å². The molecular formula is C14H22N6O. The van der Waals surface area contributed by atoms with E-state index < -0.39 is 0 Å². The molecule has 0 unspecified atom stereocenters. The van der Waals surface area contributed by atoms with Crippen LogP contribution in [0.15, 0.2) is 0 Å². The van der Waals surface area contributed by atoms with Gasteiger partial charge in [-0.25, -0.2) is 4.68 Å². The normalized spacial score (nSPS) is 10.7. The Morgan fingerprint density at radius 2 is 1.86 bits per heavy atom. The van der Waals surface area contributed by atoms with E-state index in [1.165, 1.54) is 0 Å². The van der Waals surface area contributed by atoms with E-state index in [1.54, 1.807) is 4.68 Å². The van der Waals surface area contributed by atoms with Gasteiger partial charge in [-0.2, -0.15) is 20.1 Å². The van der Waals surface area contributed by atoms with E-state index in [4.69, 9.17) is 4.74 Å². The fraction of sp³-hybridized carbons (Fsp3) is 0.571. The molecule has 0 saturated carbocycles. The number of nitrogens with one attached hydrogen (secondary N) is 1. The van der Waals surface area contributed by atoms with Gasteiger partial charge in [0, 0.05) is 12.2 Å². The van der Waals surface area contributed by atoms with E-state index in [-0.39, 0.29) is 0 Å². The largest absolute Gasteiger partial charge is 0.463 e. The summed E-state index contributed by atoms with van der Waals surface area (Å²) in [5, 5.41) is 7.58. The van der Waals surface area contributed by atoms with Crippen molar-refractivity contribution in [1.29, 1.82) is 0 Å². The third kappa shape index (κ3) is 3.29. The predicted molar refractivity (Wildman–Crippen MR) is 81.1 cm³/mol. The Morgan fingerprint density at radius 3 is 2.43 bits per heavy atom. The van der Waals surface area contributed by atoms with Gasteiger partial charge in [-0.1, -0.05) is 6.92 Å². The van der Waals surface area contributed by atoms with Gasteiger partial charge in [-0.15, -0.1) is 0 Å². The van der Waals surface area contributed by atoms with Crippen molar-refractivity contribution in [2.24, 2.45) is 0 Å². The molecule has 0 saturated heterocycles. The van der Waals surface area contributed by atoms with Gasteiger partial charge in [0.2, 0.25) is 5.95 Å². The molecule has 0 aromatic carbocycles. The van der Waals surface area contributed by atoms with Crippen LogP contribution in [0.4, 0.5) is 5.95 Å². The number of rotatable bonds is 6. The molecule has 2 heterocycles. The third-order valence-electron chi connectivity index (χ3n) is 3.22. The molecule has 0 radical (unpaired) electrons. The minimum absolute atomic E-state index is 0.322. The molecule has 0 aliphatic heterocycles. The van der Waals surface area contributed by atoms with Crippen LogP contribution in [0.5, 0.6) is 6.01 Å². The molecular weight excluding hydrogens is 268 g/mol. The maximum absolute atomic E-state index is 5.54. The molecule has 2 aromatic rings. The van der Waals surface area contributed by atoms with E-state index in [0.29, 0.717) is 24.5 Å². The first-order valence-corrected chi connectivity index (χ1v) is 7.22. The van der Waals surface area contributed by atoms with Gasteiger partial charge >= 0.3 is 6.01 Å². The van der Waals surface area contributed by atoms with Crippen molar-refractivity contribution >= 4 is 5.95 Å². The highest BCUT2D eigenvalue weighted by molar-refractivity contribution is 5.33. The highest BCUT2D eigenvalue weighted by Gasteiger charge is 2.14. The summed E-state index contributed by atoms with van der Waals surface area (Å²) in [5.74, 6) is 0.972. The van der Waals surface area contributed by atoms with Crippen molar-refractivity contribution in [3.05, 3.63) is 17.0 Å². The minimum Gasteiger partial charge on any atom is -0.463 e. The van der Waals surface area contributed by atoms with Crippen molar-refractivity contribution < 1.29 is 4.74 Å². The number of hydrogen-bond donors (Lipinski definition) is 1. The lowest BCUT2D eigenvalue weighted by molar-refractivity contribution is 0.291. The predicted octanol–water partition coefficient (Wildman–Crippen LogP) is 2.20. The first-order valence-electron chi connectivity index (χ1n) is 7.22. The highest BCUT2D eigenvalue weighted by atomic mass is 16.5. The van der Waals surface area contributed by atoms with Crippen LogP contribution in [0.2, 0.25) is 0 Å². The standard InChI is InChI=1S/C14H22N6O/c1-6-8-21-14-17-12(15-7-2)16-13(18-14)20-11(5)9(3)10(4)19-20/h6-8H2,1-5H3,(H,15,16,17,18). The van der Waals surface area contributed by atoms with Crippen molar-refractivity contribution in [3.8, 4) is 12.0 Å². The van der Waals surface area contributed by atoms with Gasteiger partial charge in [-0.05, 0) is 39.7 Å². The van der Waals surface area contributed by atoms with Crippen LogP contribution in [-0.2, 0) is 0 Å². The lowest BCUT2D eigenvalue weighted by atomic mass is 10.2. The SMILES string of the molecule is CCCOc1nc(NCC)nc(-n2nc(C)c(C)c2C)n1. The summed E-state index contributed by atoms with van der Waals surface area (Å²) in [7, 11) is 0. The fourth-order valence-corrected chi connectivity index (χ4v) is 1.85. The van der Waals surface area contributed by atoms with Crippen molar-refractivity contribution in [2.45, 2.75) is 41.0 Å². The molecule has 0 spiro atoms. The quantitative estimate of drug-likeness (QED) is 0.878. The number of hydrogen-bond acceptors (Lipinski definition) is 6. The molecule has 2 rings (SSSR count). The zero-order valence-corrected chi connectivity index (χ0v) is 13.3. The monoisotopic (exact) mass is 290 g/mol. The van der Waals surface area contributed by atoms with Crippen LogP contribution in [-0.4, -0.2) is 37.9 Å². The average molecular weight is 290 g/mol. The average Bonchev–Trinajstić information content (AvgIpc) is 2.73. The number of aryl methyl sites for hydroxylation is 1. The second kappa shape index (κ2) is 6.51. The summed E-state index contributed by atoms with van der Waals surface area (Å²) in [5.41, 5.74) is 3.12. The van der Waals surface area contributed by atoms with E-state index in [9.17, 15) is 0 Å². The lowest BCUT2D eigenvalue weighted by Gasteiger charge is -2.09. The Bertz CT molecular complexity index is 622. The van der Waals surface area contributed by atoms with Crippen LogP contribution >= 0.6 is 0 Å². The number of anilines is 1. The molecule has 114 valence electrons. The van der Waals surface area contributed by atoms with Crippen LogP contribution in [0, 0.1) is 20.8 Å². The molecule has 0 bridgehead atoms. The summed E-state index contributed by atoms with van der Waals surface area (Å²) in [4.78, 5) is 13.0. The minimum atomic E-state index is 0.322. The molecule has 0 aliphatic carbocycles. The van der Waals surface area contributed by atoms with Gasteiger partial charge < -0.3 is 10.1 Å². The molecule has 0 atom stereocenters. The van der Waals surface area contributed by atoms with Crippen molar-refractivity contribution in [2.75, 3.05) is 18.5 Å². The van der Waals surface area contributed by atoms with Crippen LogP contribution < -0.4 is 10.1 Å².